The number of hydrogen-bond donors (Lipinski definition) is 2. The van der Waals surface area contributed by atoms with Gasteiger partial charge in [-0.15, -0.1) is 0 Å². The maximum absolute atomic E-state index is 9.31. The molecule has 0 spiro atoms. The van der Waals surface area contributed by atoms with E-state index in [0.29, 0.717) is 13.1 Å². The highest BCUT2D eigenvalue weighted by Crippen LogP contribution is 2.28. The molecule has 2 atom stereocenters. The maximum atomic E-state index is 9.31. The minimum Gasteiger partial charge on any atom is -0.389 e. The van der Waals surface area contributed by atoms with Crippen molar-refractivity contribution in [3.05, 3.63) is 9.98 Å². The van der Waals surface area contributed by atoms with E-state index in [1.165, 1.54) is 11.3 Å². The lowest BCUT2D eigenvalue weighted by molar-refractivity contribution is 0.0572. The van der Waals surface area contributed by atoms with Crippen LogP contribution in [-0.2, 0) is 0 Å². The van der Waals surface area contributed by atoms with E-state index in [0.717, 1.165) is 8.92 Å². The van der Waals surface area contributed by atoms with Crippen molar-refractivity contribution in [1.82, 2.24) is 4.98 Å². The second-order valence-electron chi connectivity index (χ2n) is 2.99. The smallest absolute Gasteiger partial charge is 0.186 e. The standard InChI is InChI=1S/C7H9BrN2O2S/c8-6-1-9-7(13-6)10-2-4(11)5(12)3-10/h1,4-5,11-12H,2-3H2. The zero-order chi connectivity index (χ0) is 9.42. The van der Waals surface area contributed by atoms with Crippen molar-refractivity contribution >= 4 is 32.4 Å². The first-order valence-electron chi connectivity index (χ1n) is 3.89. The molecule has 0 aliphatic carbocycles. The molecule has 1 aliphatic rings. The van der Waals surface area contributed by atoms with Crippen molar-refractivity contribution in [3.8, 4) is 0 Å². The molecule has 1 saturated heterocycles. The Labute approximate surface area is 88.0 Å². The van der Waals surface area contributed by atoms with E-state index in [1.54, 1.807) is 6.20 Å². The van der Waals surface area contributed by atoms with Gasteiger partial charge in [0, 0.05) is 13.1 Å². The van der Waals surface area contributed by atoms with Crippen LogP contribution in [0.5, 0.6) is 0 Å². The molecule has 0 aromatic carbocycles. The zero-order valence-corrected chi connectivity index (χ0v) is 9.12. The highest BCUT2D eigenvalue weighted by Gasteiger charge is 2.30. The molecular weight excluding hydrogens is 256 g/mol. The van der Waals surface area contributed by atoms with Crippen LogP contribution in [0.1, 0.15) is 0 Å². The Morgan fingerprint density at radius 2 is 2.08 bits per heavy atom. The van der Waals surface area contributed by atoms with Crippen LogP contribution < -0.4 is 4.90 Å². The summed E-state index contributed by atoms with van der Waals surface area (Å²) in [5.41, 5.74) is 0. The van der Waals surface area contributed by atoms with E-state index in [2.05, 4.69) is 20.9 Å². The average Bonchev–Trinajstić information content (AvgIpc) is 2.61. The molecular formula is C7H9BrN2O2S. The Kier molecular flexibility index (Phi) is 2.55. The number of aliphatic hydroxyl groups excluding tert-OH is 2. The normalized spacial score (nSPS) is 28.4. The van der Waals surface area contributed by atoms with Gasteiger partial charge in [-0.05, 0) is 15.9 Å². The van der Waals surface area contributed by atoms with Gasteiger partial charge in [-0.25, -0.2) is 4.98 Å². The van der Waals surface area contributed by atoms with Gasteiger partial charge in [0.1, 0.15) is 0 Å². The van der Waals surface area contributed by atoms with E-state index in [9.17, 15) is 10.2 Å². The number of β-amino-alcohol motifs (C(OH)–C–C–N with tert-alkyl or cyclic N) is 2. The predicted molar refractivity (Wildman–Crippen MR) is 54.0 cm³/mol. The second-order valence-corrected chi connectivity index (χ2v) is 5.37. The van der Waals surface area contributed by atoms with E-state index in [-0.39, 0.29) is 0 Å². The van der Waals surface area contributed by atoms with Gasteiger partial charge < -0.3 is 15.1 Å². The fourth-order valence-electron chi connectivity index (χ4n) is 1.32. The van der Waals surface area contributed by atoms with Gasteiger partial charge in [0.25, 0.3) is 0 Å². The van der Waals surface area contributed by atoms with Crippen LogP contribution >= 0.6 is 27.3 Å². The Morgan fingerprint density at radius 3 is 2.54 bits per heavy atom. The number of nitrogens with zero attached hydrogens (tertiary/aromatic N) is 2. The quantitative estimate of drug-likeness (QED) is 0.774. The Bertz CT molecular complexity index is 296. The van der Waals surface area contributed by atoms with E-state index < -0.39 is 12.2 Å². The highest BCUT2D eigenvalue weighted by molar-refractivity contribution is 9.11. The summed E-state index contributed by atoms with van der Waals surface area (Å²) < 4.78 is 0.957. The fourth-order valence-corrected chi connectivity index (χ4v) is 2.52. The third-order valence-corrected chi connectivity index (χ3v) is 3.53. The monoisotopic (exact) mass is 264 g/mol. The van der Waals surface area contributed by atoms with Gasteiger partial charge in [0.05, 0.1) is 22.2 Å². The van der Waals surface area contributed by atoms with Crippen LogP contribution in [0.4, 0.5) is 5.13 Å². The molecule has 72 valence electrons. The van der Waals surface area contributed by atoms with Crippen LogP contribution in [-0.4, -0.2) is 40.5 Å². The molecule has 2 heterocycles. The third-order valence-electron chi connectivity index (χ3n) is 1.99. The molecule has 0 amide bonds. The minimum atomic E-state index is -0.650. The summed E-state index contributed by atoms with van der Waals surface area (Å²) in [6.45, 7) is 0.919. The van der Waals surface area contributed by atoms with E-state index >= 15 is 0 Å². The molecule has 2 N–H and O–H groups in total. The summed E-state index contributed by atoms with van der Waals surface area (Å²) in [5, 5.41) is 19.5. The summed E-state index contributed by atoms with van der Waals surface area (Å²) in [5.74, 6) is 0. The molecule has 1 aromatic heterocycles. The second kappa shape index (κ2) is 3.53. The van der Waals surface area contributed by atoms with E-state index in [1.807, 2.05) is 4.90 Å². The Hall–Kier alpha value is -0.170. The maximum Gasteiger partial charge on any atom is 0.186 e. The Morgan fingerprint density at radius 1 is 1.46 bits per heavy atom. The van der Waals surface area contributed by atoms with Crippen molar-refractivity contribution in [2.24, 2.45) is 0 Å². The third kappa shape index (κ3) is 1.85. The number of halogens is 1. The molecule has 1 aliphatic heterocycles. The summed E-state index contributed by atoms with van der Waals surface area (Å²) in [7, 11) is 0. The van der Waals surface area contributed by atoms with Gasteiger partial charge in [-0.1, -0.05) is 11.3 Å². The molecule has 1 aromatic rings. The largest absolute Gasteiger partial charge is 0.389 e. The topological polar surface area (TPSA) is 56.6 Å². The van der Waals surface area contributed by atoms with Gasteiger partial charge in [-0.2, -0.15) is 0 Å². The lowest BCUT2D eigenvalue weighted by Crippen LogP contribution is -2.22. The summed E-state index contributed by atoms with van der Waals surface area (Å²) in [4.78, 5) is 6.02. The van der Waals surface area contributed by atoms with E-state index in [4.69, 9.17) is 0 Å². The first-order valence-corrected chi connectivity index (χ1v) is 5.50. The number of thiazole rings is 1. The zero-order valence-electron chi connectivity index (χ0n) is 6.72. The summed E-state index contributed by atoms with van der Waals surface area (Å²) in [6.07, 6.45) is 0.419. The van der Waals surface area contributed by atoms with Crippen molar-refractivity contribution in [2.45, 2.75) is 12.2 Å². The molecule has 1 fully saturated rings. The average molecular weight is 265 g/mol. The first kappa shape index (κ1) is 9.39. The number of hydrogen-bond acceptors (Lipinski definition) is 5. The highest BCUT2D eigenvalue weighted by atomic mass is 79.9. The predicted octanol–water partition coefficient (Wildman–Crippen LogP) is 0.447. The molecule has 0 saturated carbocycles. The molecule has 4 nitrogen and oxygen atoms in total. The van der Waals surface area contributed by atoms with Crippen LogP contribution in [0, 0.1) is 0 Å². The van der Waals surface area contributed by atoms with Crippen molar-refractivity contribution in [1.29, 1.82) is 0 Å². The van der Waals surface area contributed by atoms with Gasteiger partial charge in [0.15, 0.2) is 5.13 Å². The van der Waals surface area contributed by atoms with Crippen LogP contribution in [0.2, 0.25) is 0 Å². The number of aromatic nitrogens is 1. The van der Waals surface area contributed by atoms with Gasteiger partial charge in [0.2, 0.25) is 0 Å². The van der Waals surface area contributed by atoms with Crippen LogP contribution in [0.15, 0.2) is 9.98 Å². The van der Waals surface area contributed by atoms with Crippen molar-refractivity contribution < 1.29 is 10.2 Å². The lowest BCUT2D eigenvalue weighted by atomic mass is 10.3. The van der Waals surface area contributed by atoms with Gasteiger partial charge >= 0.3 is 0 Å². The van der Waals surface area contributed by atoms with Crippen LogP contribution in [0.25, 0.3) is 0 Å². The number of aliphatic hydroxyl groups is 2. The van der Waals surface area contributed by atoms with Crippen molar-refractivity contribution in [2.75, 3.05) is 18.0 Å². The SMILES string of the molecule is OC1CN(c2ncc(Br)s2)CC1O. The first-order chi connectivity index (χ1) is 6.16. The summed E-state index contributed by atoms with van der Waals surface area (Å²) in [6, 6.07) is 0. The molecule has 2 unspecified atom stereocenters. The fraction of sp³-hybridized carbons (Fsp3) is 0.571. The van der Waals surface area contributed by atoms with Gasteiger partial charge in [-0.3, -0.25) is 0 Å². The molecule has 13 heavy (non-hydrogen) atoms. The molecule has 6 heteroatoms. The number of anilines is 1. The number of rotatable bonds is 1. The molecule has 0 radical (unpaired) electrons. The molecule has 0 bridgehead atoms. The van der Waals surface area contributed by atoms with Crippen molar-refractivity contribution in [3.63, 3.8) is 0 Å². The lowest BCUT2D eigenvalue weighted by Gasteiger charge is -2.12. The molecule has 2 rings (SSSR count). The minimum absolute atomic E-state index is 0.459. The summed E-state index contributed by atoms with van der Waals surface area (Å²) >= 11 is 4.81. The Balaban J connectivity index is 2.11. The van der Waals surface area contributed by atoms with Crippen LogP contribution in [0.3, 0.4) is 0 Å².